The molecule has 0 bridgehead atoms. The molecule has 0 heterocycles. The quantitative estimate of drug-likeness (QED) is 0.739. The molecule has 7 nitrogen and oxygen atoms in total. The number of carbonyl (C=O) groups is 2. The standard InChI is InChI=1S/C18H27N3O4S/c1-14(22)21(16-5-3-2-4-6-16)13-18(23)20-12-11-15-7-9-17(10-8-15)26(19,24)25/h7-10,16H,2-6,11-13H2,1H3,(H,20,23)(H2,19,24,25). The van der Waals surface area contributed by atoms with E-state index in [4.69, 9.17) is 5.14 Å². The normalized spacial score (nSPS) is 15.5. The van der Waals surface area contributed by atoms with Crippen LogP contribution in [-0.2, 0) is 26.0 Å². The number of hydrogen-bond donors (Lipinski definition) is 2. The molecule has 0 unspecified atom stereocenters. The highest BCUT2D eigenvalue weighted by molar-refractivity contribution is 7.89. The average molecular weight is 381 g/mol. The molecule has 0 atom stereocenters. The molecule has 3 N–H and O–H groups in total. The number of primary sulfonamides is 1. The van der Waals surface area contributed by atoms with Gasteiger partial charge in [0.25, 0.3) is 0 Å². The van der Waals surface area contributed by atoms with Crippen molar-refractivity contribution in [2.45, 2.75) is 56.4 Å². The van der Waals surface area contributed by atoms with Crippen LogP contribution in [-0.4, -0.2) is 44.3 Å². The first-order valence-corrected chi connectivity index (χ1v) is 10.5. The number of amides is 2. The molecule has 1 aliphatic rings. The van der Waals surface area contributed by atoms with Crippen molar-refractivity contribution in [2.24, 2.45) is 5.14 Å². The molecule has 8 heteroatoms. The highest BCUT2D eigenvalue weighted by Crippen LogP contribution is 2.22. The smallest absolute Gasteiger partial charge is 0.239 e. The zero-order chi connectivity index (χ0) is 19.2. The van der Waals surface area contributed by atoms with Crippen molar-refractivity contribution in [3.63, 3.8) is 0 Å². The molecule has 2 amide bonds. The van der Waals surface area contributed by atoms with E-state index in [9.17, 15) is 18.0 Å². The van der Waals surface area contributed by atoms with Gasteiger partial charge in [0.05, 0.1) is 11.4 Å². The van der Waals surface area contributed by atoms with E-state index in [1.54, 1.807) is 17.0 Å². The van der Waals surface area contributed by atoms with Crippen LogP contribution < -0.4 is 10.5 Å². The molecule has 1 aromatic carbocycles. The Balaban J connectivity index is 1.81. The van der Waals surface area contributed by atoms with Crippen LogP contribution in [0.25, 0.3) is 0 Å². The van der Waals surface area contributed by atoms with E-state index in [0.29, 0.717) is 13.0 Å². The molecule has 144 valence electrons. The molecule has 1 aliphatic carbocycles. The van der Waals surface area contributed by atoms with Crippen LogP contribution in [0.15, 0.2) is 29.2 Å². The van der Waals surface area contributed by atoms with Gasteiger partial charge in [-0.1, -0.05) is 31.4 Å². The molecular weight excluding hydrogens is 354 g/mol. The first-order valence-electron chi connectivity index (χ1n) is 8.93. The highest BCUT2D eigenvalue weighted by Gasteiger charge is 2.24. The molecule has 1 saturated carbocycles. The topological polar surface area (TPSA) is 110 Å². The molecule has 0 radical (unpaired) electrons. The summed E-state index contributed by atoms with van der Waals surface area (Å²) in [4.78, 5) is 25.8. The van der Waals surface area contributed by atoms with Crippen LogP contribution in [0.2, 0.25) is 0 Å². The van der Waals surface area contributed by atoms with Crippen LogP contribution in [0.5, 0.6) is 0 Å². The third-order valence-corrected chi connectivity index (χ3v) is 5.65. The van der Waals surface area contributed by atoms with Crippen molar-refractivity contribution in [2.75, 3.05) is 13.1 Å². The molecule has 26 heavy (non-hydrogen) atoms. The first kappa shape index (κ1) is 20.4. The van der Waals surface area contributed by atoms with Gasteiger partial charge in [0.1, 0.15) is 0 Å². The number of nitrogens with one attached hydrogen (secondary N) is 1. The highest BCUT2D eigenvalue weighted by atomic mass is 32.2. The molecule has 1 aromatic rings. The van der Waals surface area contributed by atoms with Gasteiger partial charge in [-0.25, -0.2) is 13.6 Å². The van der Waals surface area contributed by atoms with E-state index in [0.717, 1.165) is 31.2 Å². The van der Waals surface area contributed by atoms with Gasteiger partial charge in [0, 0.05) is 19.5 Å². The summed E-state index contributed by atoms with van der Waals surface area (Å²) in [5.74, 6) is -0.238. The fraction of sp³-hybridized carbons (Fsp3) is 0.556. The van der Waals surface area contributed by atoms with Gasteiger partial charge in [0.15, 0.2) is 0 Å². The predicted molar refractivity (Wildman–Crippen MR) is 98.8 cm³/mol. The second kappa shape index (κ2) is 9.14. The number of benzene rings is 1. The number of rotatable bonds is 7. The second-order valence-electron chi connectivity index (χ2n) is 6.73. The van der Waals surface area contributed by atoms with Gasteiger partial charge in [-0.3, -0.25) is 9.59 Å². The van der Waals surface area contributed by atoms with E-state index >= 15 is 0 Å². The van der Waals surface area contributed by atoms with Crippen molar-refractivity contribution in [3.05, 3.63) is 29.8 Å². The summed E-state index contributed by atoms with van der Waals surface area (Å²) in [6.45, 7) is 2.02. The summed E-state index contributed by atoms with van der Waals surface area (Å²) in [5, 5.41) is 7.89. The van der Waals surface area contributed by atoms with Gasteiger partial charge in [-0.2, -0.15) is 0 Å². The Bertz CT molecular complexity index is 725. The van der Waals surface area contributed by atoms with Crippen LogP contribution in [0.4, 0.5) is 0 Å². The van der Waals surface area contributed by atoms with Crippen LogP contribution in [0, 0.1) is 0 Å². The summed E-state index contributed by atoms with van der Waals surface area (Å²) in [6, 6.07) is 6.42. The zero-order valence-electron chi connectivity index (χ0n) is 15.1. The van der Waals surface area contributed by atoms with E-state index in [-0.39, 0.29) is 29.3 Å². The Hall–Kier alpha value is -1.93. The summed E-state index contributed by atoms with van der Waals surface area (Å²) in [5.41, 5.74) is 0.897. The van der Waals surface area contributed by atoms with Gasteiger partial charge in [-0.15, -0.1) is 0 Å². The van der Waals surface area contributed by atoms with Crippen LogP contribution in [0.1, 0.15) is 44.6 Å². The SMILES string of the molecule is CC(=O)N(CC(=O)NCCc1ccc(S(N)(=O)=O)cc1)C1CCCCC1. The number of nitrogens with two attached hydrogens (primary N) is 1. The Morgan fingerprint density at radius 2 is 1.77 bits per heavy atom. The largest absolute Gasteiger partial charge is 0.354 e. The Labute approximate surface area is 155 Å². The molecule has 0 aliphatic heterocycles. The van der Waals surface area contributed by atoms with Gasteiger partial charge in [0.2, 0.25) is 21.8 Å². The summed E-state index contributed by atoms with van der Waals surface area (Å²) in [6.07, 6.45) is 5.89. The summed E-state index contributed by atoms with van der Waals surface area (Å²) < 4.78 is 22.4. The molecule has 0 saturated heterocycles. The second-order valence-corrected chi connectivity index (χ2v) is 8.29. The lowest BCUT2D eigenvalue weighted by molar-refractivity contribution is -0.137. The molecule has 2 rings (SSSR count). The average Bonchev–Trinajstić information content (AvgIpc) is 2.60. The first-order chi connectivity index (χ1) is 12.3. The summed E-state index contributed by atoms with van der Waals surface area (Å²) >= 11 is 0. The van der Waals surface area contributed by atoms with Gasteiger partial charge in [-0.05, 0) is 37.0 Å². The number of carbonyl (C=O) groups excluding carboxylic acids is 2. The predicted octanol–water partition coefficient (Wildman–Crippen LogP) is 1.17. The Morgan fingerprint density at radius 1 is 1.15 bits per heavy atom. The van der Waals surface area contributed by atoms with Crippen molar-refractivity contribution in [1.82, 2.24) is 10.2 Å². The molecule has 0 spiro atoms. The maximum atomic E-state index is 12.2. The van der Waals surface area contributed by atoms with Crippen molar-refractivity contribution in [3.8, 4) is 0 Å². The van der Waals surface area contributed by atoms with Crippen molar-refractivity contribution >= 4 is 21.8 Å². The minimum atomic E-state index is -3.69. The van der Waals surface area contributed by atoms with E-state index in [2.05, 4.69) is 5.32 Å². The fourth-order valence-electron chi connectivity index (χ4n) is 3.29. The maximum absolute atomic E-state index is 12.2. The molecule has 1 fully saturated rings. The lowest BCUT2D eigenvalue weighted by Crippen LogP contribution is -2.46. The van der Waals surface area contributed by atoms with Crippen LogP contribution in [0.3, 0.4) is 0 Å². The Morgan fingerprint density at radius 3 is 2.31 bits per heavy atom. The van der Waals surface area contributed by atoms with Gasteiger partial charge >= 0.3 is 0 Å². The Kier molecular flexibility index (Phi) is 7.16. The fourth-order valence-corrected chi connectivity index (χ4v) is 3.81. The third-order valence-electron chi connectivity index (χ3n) is 4.72. The lowest BCUT2D eigenvalue weighted by atomic mass is 9.94. The maximum Gasteiger partial charge on any atom is 0.239 e. The zero-order valence-corrected chi connectivity index (χ0v) is 15.9. The minimum Gasteiger partial charge on any atom is -0.354 e. The lowest BCUT2D eigenvalue weighted by Gasteiger charge is -2.33. The molecule has 0 aromatic heterocycles. The minimum absolute atomic E-state index is 0.0642. The van der Waals surface area contributed by atoms with Crippen molar-refractivity contribution < 1.29 is 18.0 Å². The van der Waals surface area contributed by atoms with E-state index < -0.39 is 10.0 Å². The monoisotopic (exact) mass is 381 g/mol. The van der Waals surface area contributed by atoms with Crippen LogP contribution >= 0.6 is 0 Å². The van der Waals surface area contributed by atoms with E-state index in [1.165, 1.54) is 25.5 Å². The third kappa shape index (κ3) is 6.10. The number of nitrogens with zero attached hydrogens (tertiary/aromatic N) is 1. The van der Waals surface area contributed by atoms with E-state index in [1.807, 2.05) is 0 Å². The number of sulfonamides is 1. The van der Waals surface area contributed by atoms with Gasteiger partial charge < -0.3 is 10.2 Å². The molecular formula is C18H27N3O4S. The van der Waals surface area contributed by atoms with Crippen molar-refractivity contribution in [1.29, 1.82) is 0 Å². The summed E-state index contributed by atoms with van der Waals surface area (Å²) in [7, 11) is -3.69. The number of hydrogen-bond acceptors (Lipinski definition) is 4.